The molecule has 6 heterocycles. The van der Waals surface area contributed by atoms with E-state index >= 15 is 0 Å². The summed E-state index contributed by atoms with van der Waals surface area (Å²) in [4.78, 5) is 22.8. The van der Waals surface area contributed by atoms with Gasteiger partial charge in [0.25, 0.3) is 10.0 Å². The van der Waals surface area contributed by atoms with Crippen molar-refractivity contribution in [2.75, 3.05) is 25.5 Å². The van der Waals surface area contributed by atoms with Crippen molar-refractivity contribution in [2.24, 2.45) is 0 Å². The largest absolute Gasteiger partial charge is 0.481 e. The van der Waals surface area contributed by atoms with E-state index in [0.29, 0.717) is 17.5 Å². The first-order valence-corrected chi connectivity index (χ1v) is 14.9. The van der Waals surface area contributed by atoms with E-state index in [1.165, 1.54) is 16.2 Å². The Morgan fingerprint density at radius 1 is 1.20 bits per heavy atom. The number of hydrogen-bond donors (Lipinski definition) is 2. The average molecular weight is 531 g/mol. The highest BCUT2D eigenvalue weighted by molar-refractivity contribution is 7.92. The van der Waals surface area contributed by atoms with Gasteiger partial charge in [0, 0.05) is 34.1 Å². The van der Waals surface area contributed by atoms with Crippen LogP contribution < -0.4 is 14.8 Å². The lowest BCUT2D eigenvalue weighted by Gasteiger charge is -2.26. The number of rotatable bonds is 5. The first kappa shape index (κ1) is 23.0. The van der Waals surface area contributed by atoms with Crippen LogP contribution >= 0.6 is 22.7 Å². The number of urea groups is 1. The fourth-order valence-electron chi connectivity index (χ4n) is 5.33. The van der Waals surface area contributed by atoms with Gasteiger partial charge in [0.2, 0.25) is 5.88 Å². The summed E-state index contributed by atoms with van der Waals surface area (Å²) in [5.41, 5.74) is 3.72. The number of amides is 2. The number of anilines is 1. The lowest BCUT2D eigenvalue weighted by Crippen LogP contribution is -2.34. The number of hydrogen-bond acceptors (Lipinski definition) is 8. The Balaban J connectivity index is 1.26. The molecular formula is C24H26N4O4S3. The third-order valence-corrected chi connectivity index (χ3v) is 11.5. The molecule has 0 atom stereocenters. The van der Waals surface area contributed by atoms with Crippen LogP contribution in [0.5, 0.6) is 5.88 Å². The standard InChI is InChI=1S/C24H26N4O4S3/c1-32-19-11-15(5-8-25-19)23-21(17-3-2-4-18(17)33-23)26-24(29)27-35(30,31)20-12-16-13-28-9-6-14(7-10-28)22(16)34-20/h5,8,11-12,14H,2-4,6-7,9-10,13H2,1H3,(H2,26,27,29). The van der Waals surface area contributed by atoms with Gasteiger partial charge in [-0.1, -0.05) is 0 Å². The number of nitrogens with zero attached hydrogens (tertiary/aromatic N) is 2. The van der Waals surface area contributed by atoms with Crippen molar-refractivity contribution in [3.05, 3.63) is 45.3 Å². The predicted octanol–water partition coefficient (Wildman–Crippen LogP) is 4.57. The smallest absolute Gasteiger partial charge is 0.333 e. The lowest BCUT2D eigenvalue weighted by atomic mass is 9.96. The Bertz CT molecular complexity index is 1400. The molecule has 1 fully saturated rings. The van der Waals surface area contributed by atoms with Crippen molar-refractivity contribution in [2.45, 2.75) is 48.8 Å². The number of ether oxygens (including phenoxy) is 1. The maximum atomic E-state index is 13.2. The van der Waals surface area contributed by atoms with Gasteiger partial charge in [0.05, 0.1) is 17.7 Å². The number of carbonyl (C=O) groups is 1. The van der Waals surface area contributed by atoms with E-state index in [4.69, 9.17) is 4.74 Å². The second-order valence-electron chi connectivity index (χ2n) is 9.21. The number of fused-ring (bicyclic) bond motifs is 3. The normalized spacial score (nSPS) is 20.7. The zero-order valence-electron chi connectivity index (χ0n) is 19.3. The van der Waals surface area contributed by atoms with Crippen molar-refractivity contribution in [3.8, 4) is 16.3 Å². The maximum absolute atomic E-state index is 13.2. The van der Waals surface area contributed by atoms with Gasteiger partial charge in [0.1, 0.15) is 4.21 Å². The monoisotopic (exact) mass is 530 g/mol. The third kappa shape index (κ3) is 4.24. The third-order valence-electron chi connectivity index (χ3n) is 7.03. The second-order valence-corrected chi connectivity index (χ2v) is 13.3. The second kappa shape index (κ2) is 8.88. The number of piperidine rings is 1. The molecule has 2 amide bonds. The zero-order valence-corrected chi connectivity index (χ0v) is 21.7. The van der Waals surface area contributed by atoms with Crippen molar-refractivity contribution < 1.29 is 17.9 Å². The van der Waals surface area contributed by atoms with Gasteiger partial charge in [-0.25, -0.2) is 22.9 Å². The number of thiophene rings is 2. The predicted molar refractivity (Wildman–Crippen MR) is 137 cm³/mol. The van der Waals surface area contributed by atoms with E-state index in [2.05, 4.69) is 19.9 Å². The Hall–Kier alpha value is -2.47. The number of aromatic nitrogens is 1. The van der Waals surface area contributed by atoms with E-state index < -0.39 is 16.1 Å². The minimum absolute atomic E-state index is 0.209. The van der Waals surface area contributed by atoms with Gasteiger partial charge in [-0.2, -0.15) is 0 Å². The topological polar surface area (TPSA) is 101 Å². The Morgan fingerprint density at radius 2 is 2.03 bits per heavy atom. The Morgan fingerprint density at radius 3 is 2.83 bits per heavy atom. The summed E-state index contributed by atoms with van der Waals surface area (Å²) < 4.78 is 34.0. The molecule has 0 radical (unpaired) electrons. The molecule has 0 aromatic carbocycles. The number of pyridine rings is 1. The molecule has 1 saturated heterocycles. The molecule has 3 aromatic heterocycles. The highest BCUT2D eigenvalue weighted by atomic mass is 32.2. The molecule has 0 unspecified atom stereocenters. The van der Waals surface area contributed by atoms with Crippen LogP contribution in [0.2, 0.25) is 0 Å². The fourth-order valence-corrected chi connectivity index (χ4v) is 9.27. The minimum atomic E-state index is -3.98. The van der Waals surface area contributed by atoms with E-state index in [1.54, 1.807) is 30.7 Å². The molecule has 0 spiro atoms. The molecule has 184 valence electrons. The van der Waals surface area contributed by atoms with E-state index in [9.17, 15) is 13.2 Å². The van der Waals surface area contributed by atoms with Gasteiger partial charge in [0.15, 0.2) is 0 Å². The van der Waals surface area contributed by atoms with Crippen LogP contribution in [0.25, 0.3) is 10.4 Å². The van der Waals surface area contributed by atoms with Crippen molar-refractivity contribution in [1.29, 1.82) is 0 Å². The quantitative estimate of drug-likeness (QED) is 0.501. The van der Waals surface area contributed by atoms with Gasteiger partial charge in [-0.05, 0) is 74.4 Å². The highest BCUT2D eigenvalue weighted by Gasteiger charge is 2.33. The van der Waals surface area contributed by atoms with Crippen LogP contribution in [0.4, 0.5) is 10.5 Å². The lowest BCUT2D eigenvalue weighted by molar-refractivity contribution is 0.221. The first-order chi connectivity index (χ1) is 16.9. The molecule has 2 N–H and O–H groups in total. The van der Waals surface area contributed by atoms with Crippen LogP contribution in [-0.2, 0) is 29.4 Å². The van der Waals surface area contributed by atoms with Gasteiger partial charge in [-0.3, -0.25) is 4.90 Å². The van der Waals surface area contributed by atoms with Gasteiger partial charge in [-0.15, -0.1) is 22.7 Å². The number of sulfonamides is 1. The van der Waals surface area contributed by atoms with Crippen molar-refractivity contribution in [3.63, 3.8) is 0 Å². The Kier molecular flexibility index (Phi) is 5.82. The summed E-state index contributed by atoms with van der Waals surface area (Å²) in [5.74, 6) is 0.899. The van der Waals surface area contributed by atoms with E-state index in [0.717, 1.165) is 78.2 Å². The summed E-state index contributed by atoms with van der Waals surface area (Å²) in [6.07, 6.45) is 6.62. The molecule has 2 bridgehead atoms. The summed E-state index contributed by atoms with van der Waals surface area (Å²) in [7, 11) is -2.42. The van der Waals surface area contributed by atoms with Crippen LogP contribution in [-0.4, -0.2) is 44.5 Å². The molecule has 35 heavy (non-hydrogen) atoms. The maximum Gasteiger partial charge on any atom is 0.333 e. The zero-order chi connectivity index (χ0) is 24.2. The average Bonchev–Trinajstić information content (AvgIpc) is 3.52. The van der Waals surface area contributed by atoms with Crippen molar-refractivity contribution in [1.82, 2.24) is 14.6 Å². The molecule has 1 aliphatic carbocycles. The van der Waals surface area contributed by atoms with Gasteiger partial charge >= 0.3 is 6.03 Å². The fraction of sp³-hybridized carbons (Fsp3) is 0.417. The molecule has 11 heteroatoms. The van der Waals surface area contributed by atoms with Gasteiger partial charge < -0.3 is 10.1 Å². The summed E-state index contributed by atoms with van der Waals surface area (Å²) in [6.45, 7) is 2.90. The molecule has 0 saturated carbocycles. The van der Waals surface area contributed by atoms with Crippen LogP contribution in [0.15, 0.2) is 28.6 Å². The molecule has 8 nitrogen and oxygen atoms in total. The SMILES string of the molecule is COc1cc(-c2sc3c(c2NC(=O)NS(=O)(=O)c2cc4c(s2)C2CCN(CC2)C4)CCC3)ccn1. The molecule has 3 aliphatic heterocycles. The number of carbonyl (C=O) groups excluding carboxylic acids is 1. The first-order valence-electron chi connectivity index (χ1n) is 11.7. The summed E-state index contributed by atoms with van der Waals surface area (Å²) in [5, 5.41) is 2.87. The van der Waals surface area contributed by atoms with Crippen LogP contribution in [0.3, 0.4) is 0 Å². The number of nitrogens with one attached hydrogen (secondary N) is 2. The summed E-state index contributed by atoms with van der Waals surface area (Å²) >= 11 is 2.94. The Labute approximate surface area is 212 Å². The van der Waals surface area contributed by atoms with E-state index in [1.807, 2.05) is 12.1 Å². The molecule has 4 aliphatic rings. The minimum Gasteiger partial charge on any atom is -0.481 e. The highest BCUT2D eigenvalue weighted by Crippen LogP contribution is 2.45. The molecular weight excluding hydrogens is 504 g/mol. The number of methoxy groups -OCH3 is 1. The summed E-state index contributed by atoms with van der Waals surface area (Å²) in [6, 6.07) is 4.70. The van der Waals surface area contributed by atoms with E-state index in [-0.39, 0.29) is 4.21 Å². The molecule has 7 rings (SSSR count). The van der Waals surface area contributed by atoms with Crippen LogP contribution in [0.1, 0.15) is 46.1 Å². The molecule has 3 aromatic rings. The number of aryl methyl sites for hydroxylation is 1. The van der Waals surface area contributed by atoms with Crippen molar-refractivity contribution >= 4 is 44.4 Å². The van der Waals surface area contributed by atoms with Crippen LogP contribution in [0, 0.1) is 0 Å².